The van der Waals surface area contributed by atoms with E-state index in [1.165, 1.54) is 6.08 Å². The van der Waals surface area contributed by atoms with Crippen molar-refractivity contribution < 1.29 is 9.53 Å². The van der Waals surface area contributed by atoms with Crippen LogP contribution in [0.5, 0.6) is 0 Å². The molecule has 1 aromatic rings. The molecule has 0 aromatic heterocycles. The molecule has 0 aliphatic heterocycles. The Kier molecular flexibility index (Phi) is 5.07. The molecule has 0 bridgehead atoms. The highest BCUT2D eigenvalue weighted by molar-refractivity contribution is 5.82. The van der Waals surface area contributed by atoms with Crippen LogP contribution in [0.25, 0.3) is 0 Å². The molecule has 92 valence electrons. The van der Waals surface area contributed by atoms with Crippen molar-refractivity contribution in [2.24, 2.45) is 0 Å². The number of hydrogen-bond donors (Lipinski definition) is 2. The Bertz CT molecular complexity index is 414. The maximum Gasteiger partial charge on any atom is 0.332 e. The number of ether oxygens (including phenoxy) is 1. The average molecular weight is 234 g/mol. The molecular weight excluding hydrogens is 216 g/mol. The van der Waals surface area contributed by atoms with Crippen molar-refractivity contribution in [3.05, 3.63) is 41.6 Å². The number of carbonyl (C=O) groups is 1. The lowest BCUT2D eigenvalue weighted by Crippen LogP contribution is -2.14. The van der Waals surface area contributed by atoms with E-state index in [1.54, 1.807) is 6.92 Å². The van der Waals surface area contributed by atoms with Crippen molar-refractivity contribution in [2.75, 3.05) is 12.3 Å². The number of allylic oxidation sites excluding steroid dienone is 1. The summed E-state index contributed by atoms with van der Waals surface area (Å²) in [5, 5.41) is 3.11. The van der Waals surface area contributed by atoms with Crippen LogP contribution in [0.15, 0.2) is 36.0 Å². The Balaban J connectivity index is 2.51. The molecule has 0 atom stereocenters. The van der Waals surface area contributed by atoms with E-state index >= 15 is 0 Å². The maximum atomic E-state index is 11.2. The van der Waals surface area contributed by atoms with E-state index in [1.807, 2.05) is 31.2 Å². The maximum absolute atomic E-state index is 11.2. The lowest BCUT2D eigenvalue weighted by atomic mass is 10.2. The topological polar surface area (TPSA) is 64.3 Å². The third kappa shape index (κ3) is 4.59. The van der Waals surface area contributed by atoms with Crippen LogP contribution in [-0.4, -0.2) is 12.6 Å². The summed E-state index contributed by atoms with van der Waals surface area (Å²) in [6.45, 7) is 4.57. The summed E-state index contributed by atoms with van der Waals surface area (Å²) >= 11 is 0. The number of anilines is 1. The van der Waals surface area contributed by atoms with Gasteiger partial charge in [0.2, 0.25) is 0 Å². The van der Waals surface area contributed by atoms with E-state index in [0.29, 0.717) is 13.2 Å². The number of hydrogen-bond acceptors (Lipinski definition) is 4. The molecule has 4 heteroatoms. The monoisotopic (exact) mass is 234 g/mol. The van der Waals surface area contributed by atoms with E-state index in [9.17, 15) is 4.79 Å². The normalized spacial score (nSPS) is 11.1. The Morgan fingerprint density at radius 2 is 2.18 bits per heavy atom. The van der Waals surface area contributed by atoms with Crippen LogP contribution in [0, 0.1) is 0 Å². The molecule has 17 heavy (non-hydrogen) atoms. The van der Waals surface area contributed by atoms with Gasteiger partial charge in [-0.15, -0.1) is 0 Å². The highest BCUT2D eigenvalue weighted by Gasteiger charge is 2.00. The molecule has 3 N–H and O–H groups in total. The number of nitrogen functional groups attached to an aromatic ring is 1. The van der Waals surface area contributed by atoms with Gasteiger partial charge in [-0.2, -0.15) is 0 Å². The highest BCUT2D eigenvalue weighted by Crippen LogP contribution is 2.10. The van der Waals surface area contributed by atoms with Gasteiger partial charge in [-0.05, 0) is 25.5 Å². The molecule has 0 spiro atoms. The molecule has 4 nitrogen and oxygen atoms in total. The molecule has 0 amide bonds. The van der Waals surface area contributed by atoms with Gasteiger partial charge in [-0.1, -0.05) is 18.2 Å². The molecule has 0 unspecified atom stereocenters. The van der Waals surface area contributed by atoms with Gasteiger partial charge in [0.15, 0.2) is 0 Å². The molecule has 0 aliphatic carbocycles. The van der Waals surface area contributed by atoms with E-state index in [2.05, 4.69) is 5.32 Å². The lowest BCUT2D eigenvalue weighted by Gasteiger charge is -2.08. The summed E-state index contributed by atoms with van der Waals surface area (Å²) in [7, 11) is 0. The summed E-state index contributed by atoms with van der Waals surface area (Å²) in [5.41, 5.74) is 8.30. The van der Waals surface area contributed by atoms with Gasteiger partial charge in [0.1, 0.15) is 0 Å². The average Bonchev–Trinajstić information content (AvgIpc) is 2.28. The van der Waals surface area contributed by atoms with E-state index in [-0.39, 0.29) is 5.97 Å². The molecule has 0 radical (unpaired) electrons. The lowest BCUT2D eigenvalue weighted by molar-refractivity contribution is -0.137. The van der Waals surface area contributed by atoms with Gasteiger partial charge in [0, 0.05) is 24.0 Å². The molecule has 0 aliphatic rings. The van der Waals surface area contributed by atoms with Gasteiger partial charge in [0.25, 0.3) is 0 Å². The molecule has 1 aromatic carbocycles. The number of nitrogens with one attached hydrogen (secondary N) is 1. The summed E-state index contributed by atoms with van der Waals surface area (Å²) in [6, 6.07) is 7.61. The number of carbonyl (C=O) groups excluding carboxylic acids is 1. The van der Waals surface area contributed by atoms with Gasteiger partial charge in [0.05, 0.1) is 6.61 Å². The number of nitrogens with two attached hydrogens (primary N) is 1. The fourth-order valence-electron chi connectivity index (χ4n) is 1.34. The second-order valence-corrected chi connectivity index (χ2v) is 3.63. The van der Waals surface area contributed by atoms with E-state index in [0.717, 1.165) is 16.9 Å². The van der Waals surface area contributed by atoms with E-state index in [4.69, 9.17) is 10.5 Å². The van der Waals surface area contributed by atoms with Crippen molar-refractivity contribution in [2.45, 2.75) is 20.4 Å². The highest BCUT2D eigenvalue weighted by atomic mass is 16.5. The van der Waals surface area contributed by atoms with Gasteiger partial charge in [-0.3, -0.25) is 0 Å². The van der Waals surface area contributed by atoms with Crippen LogP contribution in [0.2, 0.25) is 0 Å². The van der Waals surface area contributed by atoms with Crippen LogP contribution in [0.3, 0.4) is 0 Å². The Morgan fingerprint density at radius 1 is 1.47 bits per heavy atom. The van der Waals surface area contributed by atoms with Crippen molar-refractivity contribution in [1.29, 1.82) is 0 Å². The third-order valence-electron chi connectivity index (χ3n) is 2.23. The number of rotatable bonds is 5. The molecule has 0 fully saturated rings. The minimum Gasteiger partial charge on any atom is -0.463 e. The Labute approximate surface area is 101 Å². The summed E-state index contributed by atoms with van der Waals surface area (Å²) in [6.07, 6.45) is 1.43. The molecular formula is C13H18N2O2. The van der Waals surface area contributed by atoms with Crippen molar-refractivity contribution in [1.82, 2.24) is 5.32 Å². The molecule has 0 saturated carbocycles. The van der Waals surface area contributed by atoms with Gasteiger partial charge >= 0.3 is 5.97 Å². The van der Waals surface area contributed by atoms with E-state index < -0.39 is 0 Å². The van der Waals surface area contributed by atoms with Crippen LogP contribution in [0.1, 0.15) is 19.4 Å². The predicted octanol–water partition coefficient (Wildman–Crippen LogP) is 1.83. The molecule has 1 rings (SSSR count). The second-order valence-electron chi connectivity index (χ2n) is 3.63. The first-order chi connectivity index (χ1) is 8.13. The van der Waals surface area contributed by atoms with Crippen LogP contribution in [0.4, 0.5) is 5.69 Å². The predicted molar refractivity (Wildman–Crippen MR) is 68.1 cm³/mol. The summed E-state index contributed by atoms with van der Waals surface area (Å²) in [4.78, 5) is 11.2. The number of benzene rings is 1. The standard InChI is InChI=1S/C13H18N2O2/c1-3-17-13(16)8-10(2)15-9-11-6-4-5-7-12(11)14/h4-8,15H,3,9,14H2,1-2H3. The fraction of sp³-hybridized carbons (Fsp3) is 0.308. The first-order valence-corrected chi connectivity index (χ1v) is 5.55. The van der Waals surface area contributed by atoms with Crippen LogP contribution in [-0.2, 0) is 16.1 Å². The van der Waals surface area contributed by atoms with Crippen molar-refractivity contribution >= 4 is 11.7 Å². The smallest absolute Gasteiger partial charge is 0.332 e. The molecule has 0 heterocycles. The van der Waals surface area contributed by atoms with Crippen molar-refractivity contribution in [3.8, 4) is 0 Å². The quantitative estimate of drug-likeness (QED) is 0.463. The minimum absolute atomic E-state index is 0.335. The minimum atomic E-state index is -0.335. The zero-order chi connectivity index (χ0) is 12.7. The third-order valence-corrected chi connectivity index (χ3v) is 2.23. The van der Waals surface area contributed by atoms with Gasteiger partial charge in [-0.25, -0.2) is 4.79 Å². The number of esters is 1. The largest absolute Gasteiger partial charge is 0.463 e. The van der Waals surface area contributed by atoms with Gasteiger partial charge < -0.3 is 15.8 Å². The van der Waals surface area contributed by atoms with Crippen LogP contribution >= 0.6 is 0 Å². The zero-order valence-corrected chi connectivity index (χ0v) is 10.2. The fourth-order valence-corrected chi connectivity index (χ4v) is 1.34. The zero-order valence-electron chi connectivity index (χ0n) is 10.2. The first-order valence-electron chi connectivity index (χ1n) is 5.55. The summed E-state index contributed by atoms with van der Waals surface area (Å²) < 4.78 is 4.81. The summed E-state index contributed by atoms with van der Waals surface area (Å²) in [5.74, 6) is -0.335. The van der Waals surface area contributed by atoms with Crippen molar-refractivity contribution in [3.63, 3.8) is 0 Å². The number of para-hydroxylation sites is 1. The Morgan fingerprint density at radius 3 is 2.82 bits per heavy atom. The van der Waals surface area contributed by atoms with Crippen LogP contribution < -0.4 is 11.1 Å². The first kappa shape index (κ1) is 13.1. The second kappa shape index (κ2) is 6.58. The Hall–Kier alpha value is -1.97. The molecule has 0 saturated heterocycles. The SMILES string of the molecule is CCOC(=O)C=C(C)NCc1ccccc1N.